The Morgan fingerprint density at radius 2 is 1.67 bits per heavy atom. The number of nitrogens with one attached hydrogen (secondary N) is 1. The number of rotatable bonds is 9. The molecule has 1 N–H and O–H groups in total. The Hall–Kier alpha value is -3.19. The van der Waals surface area contributed by atoms with Gasteiger partial charge in [0.15, 0.2) is 10.9 Å². The Bertz CT molecular complexity index is 1010. The van der Waals surface area contributed by atoms with E-state index in [1.54, 1.807) is 31.4 Å². The van der Waals surface area contributed by atoms with Crippen molar-refractivity contribution in [2.45, 2.75) is 26.7 Å². The molecule has 3 aromatic rings. The number of methoxy groups -OCH3 is 1. The molecule has 0 spiro atoms. The lowest BCUT2D eigenvalue weighted by Crippen LogP contribution is -2.13. The van der Waals surface area contributed by atoms with Crippen LogP contribution in [0.25, 0.3) is 11.3 Å². The van der Waals surface area contributed by atoms with Crippen LogP contribution < -0.4 is 14.8 Å². The first-order valence-corrected chi connectivity index (χ1v) is 10.5. The van der Waals surface area contributed by atoms with E-state index in [9.17, 15) is 9.59 Å². The van der Waals surface area contributed by atoms with Crippen molar-refractivity contribution in [1.29, 1.82) is 0 Å². The fraction of sp³-hybridized carbons (Fsp3) is 0.261. The van der Waals surface area contributed by atoms with Gasteiger partial charge in [-0.2, -0.15) is 0 Å². The molecule has 7 heteroatoms. The van der Waals surface area contributed by atoms with E-state index < -0.39 is 0 Å². The monoisotopic (exact) mass is 424 g/mol. The van der Waals surface area contributed by atoms with E-state index in [4.69, 9.17) is 9.47 Å². The third kappa shape index (κ3) is 5.45. The van der Waals surface area contributed by atoms with Crippen LogP contribution in [0.4, 0.5) is 5.13 Å². The van der Waals surface area contributed by atoms with Crippen LogP contribution in [-0.4, -0.2) is 30.4 Å². The van der Waals surface area contributed by atoms with Crippen LogP contribution >= 0.6 is 11.3 Å². The summed E-state index contributed by atoms with van der Waals surface area (Å²) in [5.74, 6) is 1.18. The molecule has 1 amide bonds. The molecule has 0 saturated heterocycles. The number of carbonyl (C=O) groups excluding carboxylic acids is 2. The van der Waals surface area contributed by atoms with E-state index in [2.05, 4.69) is 10.3 Å². The average Bonchev–Trinajstić information content (AvgIpc) is 3.12. The third-order valence-electron chi connectivity index (χ3n) is 4.47. The number of carbonyl (C=O) groups is 2. The molecule has 156 valence electrons. The van der Waals surface area contributed by atoms with Gasteiger partial charge < -0.3 is 14.8 Å². The lowest BCUT2D eigenvalue weighted by molar-refractivity contribution is -0.116. The van der Waals surface area contributed by atoms with E-state index in [1.807, 2.05) is 38.1 Å². The minimum Gasteiger partial charge on any atom is -0.497 e. The van der Waals surface area contributed by atoms with Crippen LogP contribution in [0.5, 0.6) is 11.5 Å². The maximum Gasteiger partial charge on any atom is 0.226 e. The molecular formula is C23H24N2O4S. The standard InChI is InChI=1S/C23H24N2O4S/c1-4-29-19-11-7-17(8-12-19)22-15(2)30-23(25-22)24-21(27)14-13-20(26)16-5-9-18(28-3)10-6-16/h5-12H,4,13-14H2,1-3H3,(H,24,25,27). The van der Waals surface area contributed by atoms with E-state index >= 15 is 0 Å². The molecule has 0 aliphatic carbocycles. The van der Waals surface area contributed by atoms with E-state index in [-0.39, 0.29) is 24.5 Å². The number of ether oxygens (including phenoxy) is 2. The fourth-order valence-electron chi connectivity index (χ4n) is 2.92. The van der Waals surface area contributed by atoms with Crippen molar-refractivity contribution in [2.24, 2.45) is 0 Å². The quantitative estimate of drug-likeness (QED) is 0.482. The number of amides is 1. The van der Waals surface area contributed by atoms with Crippen molar-refractivity contribution in [3.05, 3.63) is 59.0 Å². The molecule has 0 aliphatic heterocycles. The van der Waals surface area contributed by atoms with Crippen LogP contribution in [-0.2, 0) is 4.79 Å². The maximum absolute atomic E-state index is 12.3. The van der Waals surface area contributed by atoms with Gasteiger partial charge in [-0.3, -0.25) is 9.59 Å². The van der Waals surface area contributed by atoms with Gasteiger partial charge in [-0.1, -0.05) is 0 Å². The molecule has 0 fully saturated rings. The SMILES string of the molecule is CCOc1ccc(-c2nc(NC(=O)CCC(=O)c3ccc(OC)cc3)sc2C)cc1. The molecule has 0 bridgehead atoms. The Balaban J connectivity index is 1.57. The first-order valence-electron chi connectivity index (χ1n) is 9.68. The maximum atomic E-state index is 12.3. The van der Waals surface area contributed by atoms with Gasteiger partial charge in [0.25, 0.3) is 0 Å². The summed E-state index contributed by atoms with van der Waals surface area (Å²) in [4.78, 5) is 30.1. The summed E-state index contributed by atoms with van der Waals surface area (Å²) in [6.07, 6.45) is 0.232. The van der Waals surface area contributed by atoms with Crippen LogP contribution in [0.3, 0.4) is 0 Å². The van der Waals surface area contributed by atoms with E-state index in [1.165, 1.54) is 11.3 Å². The molecule has 0 saturated carbocycles. The van der Waals surface area contributed by atoms with Crippen LogP contribution in [0.2, 0.25) is 0 Å². The Kier molecular flexibility index (Phi) is 7.19. The van der Waals surface area contributed by atoms with Crippen molar-refractivity contribution in [1.82, 2.24) is 4.98 Å². The highest BCUT2D eigenvalue weighted by molar-refractivity contribution is 7.16. The number of ketones is 1. The molecule has 1 heterocycles. The Morgan fingerprint density at radius 3 is 2.30 bits per heavy atom. The summed E-state index contributed by atoms with van der Waals surface area (Å²) in [6, 6.07) is 14.6. The van der Waals surface area contributed by atoms with Gasteiger partial charge in [-0.15, -0.1) is 11.3 Å². The molecule has 1 aromatic heterocycles. The lowest BCUT2D eigenvalue weighted by atomic mass is 10.1. The fourth-order valence-corrected chi connectivity index (χ4v) is 3.78. The summed E-state index contributed by atoms with van der Waals surface area (Å²) in [7, 11) is 1.57. The largest absolute Gasteiger partial charge is 0.497 e. The number of hydrogen-bond donors (Lipinski definition) is 1. The minimum absolute atomic E-state index is 0.0850. The zero-order valence-electron chi connectivity index (χ0n) is 17.2. The molecule has 30 heavy (non-hydrogen) atoms. The van der Waals surface area contributed by atoms with Crippen LogP contribution in [0.15, 0.2) is 48.5 Å². The summed E-state index contributed by atoms with van der Waals surface area (Å²) in [5, 5.41) is 3.33. The first-order chi connectivity index (χ1) is 14.5. The summed E-state index contributed by atoms with van der Waals surface area (Å²) >= 11 is 1.41. The topological polar surface area (TPSA) is 77.5 Å². The highest BCUT2D eigenvalue weighted by Crippen LogP contribution is 2.31. The second-order valence-corrected chi connectivity index (χ2v) is 7.78. The van der Waals surface area contributed by atoms with Crippen molar-refractivity contribution < 1.29 is 19.1 Å². The number of aromatic nitrogens is 1. The Morgan fingerprint density at radius 1 is 1.00 bits per heavy atom. The number of nitrogens with zero attached hydrogens (tertiary/aromatic N) is 1. The molecule has 6 nitrogen and oxygen atoms in total. The van der Waals surface area contributed by atoms with Gasteiger partial charge in [0.2, 0.25) is 5.91 Å². The van der Waals surface area contributed by atoms with Crippen molar-refractivity contribution in [2.75, 3.05) is 19.0 Å². The van der Waals surface area contributed by atoms with Gasteiger partial charge in [-0.25, -0.2) is 4.98 Å². The van der Waals surface area contributed by atoms with Gasteiger partial charge in [-0.05, 0) is 62.4 Å². The lowest BCUT2D eigenvalue weighted by Gasteiger charge is -2.04. The molecule has 3 rings (SSSR count). The van der Waals surface area contributed by atoms with Crippen LogP contribution in [0, 0.1) is 6.92 Å². The molecule has 0 aliphatic rings. The van der Waals surface area contributed by atoms with E-state index in [0.29, 0.717) is 23.1 Å². The van der Waals surface area contributed by atoms with Gasteiger partial charge in [0, 0.05) is 28.8 Å². The zero-order valence-corrected chi connectivity index (χ0v) is 18.0. The third-order valence-corrected chi connectivity index (χ3v) is 5.36. The summed E-state index contributed by atoms with van der Waals surface area (Å²) in [5.41, 5.74) is 2.35. The molecule has 0 radical (unpaired) electrons. The minimum atomic E-state index is -0.233. The number of hydrogen-bond acceptors (Lipinski definition) is 6. The van der Waals surface area contributed by atoms with Crippen molar-refractivity contribution in [3.63, 3.8) is 0 Å². The highest BCUT2D eigenvalue weighted by atomic mass is 32.1. The molecule has 2 aromatic carbocycles. The average molecular weight is 425 g/mol. The zero-order chi connectivity index (χ0) is 21.5. The first kappa shape index (κ1) is 21.5. The second-order valence-electron chi connectivity index (χ2n) is 6.58. The number of Topliss-reactive ketones (excluding diaryl/α,β-unsaturated/α-hetero) is 1. The molecule has 0 atom stereocenters. The van der Waals surface area contributed by atoms with Gasteiger partial charge in [0.05, 0.1) is 19.4 Å². The van der Waals surface area contributed by atoms with Crippen molar-refractivity contribution >= 4 is 28.2 Å². The number of benzene rings is 2. The summed E-state index contributed by atoms with van der Waals surface area (Å²) in [6.45, 7) is 4.52. The normalized spacial score (nSPS) is 10.5. The van der Waals surface area contributed by atoms with Crippen molar-refractivity contribution in [3.8, 4) is 22.8 Å². The smallest absolute Gasteiger partial charge is 0.226 e. The van der Waals surface area contributed by atoms with E-state index in [0.717, 1.165) is 21.9 Å². The molecule has 0 unspecified atom stereocenters. The number of aryl methyl sites for hydroxylation is 1. The summed E-state index contributed by atoms with van der Waals surface area (Å²) < 4.78 is 10.6. The highest BCUT2D eigenvalue weighted by Gasteiger charge is 2.14. The predicted octanol–water partition coefficient (Wildman–Crippen LogP) is 5.13. The van der Waals surface area contributed by atoms with Crippen LogP contribution in [0.1, 0.15) is 35.0 Å². The number of thiazole rings is 1. The van der Waals surface area contributed by atoms with Gasteiger partial charge >= 0.3 is 0 Å². The second kappa shape index (κ2) is 10.0. The Labute approximate surface area is 179 Å². The van der Waals surface area contributed by atoms with Gasteiger partial charge in [0.1, 0.15) is 11.5 Å². The molecular weight excluding hydrogens is 400 g/mol. The predicted molar refractivity (Wildman–Crippen MR) is 119 cm³/mol. The number of anilines is 1.